The predicted molar refractivity (Wildman–Crippen MR) is 81.4 cm³/mol. The number of halogens is 2. The summed E-state index contributed by atoms with van der Waals surface area (Å²) in [5.74, 6) is 0. The third kappa shape index (κ3) is 3.15. The number of rotatable bonds is 3. The van der Waals surface area contributed by atoms with Gasteiger partial charge < -0.3 is 0 Å². The van der Waals surface area contributed by atoms with Crippen LogP contribution in [0.2, 0.25) is 5.02 Å². The summed E-state index contributed by atoms with van der Waals surface area (Å²) < 4.78 is 27.7. The molecule has 0 amide bonds. The van der Waals surface area contributed by atoms with Crippen molar-refractivity contribution in [3.63, 3.8) is 0 Å². The van der Waals surface area contributed by atoms with Gasteiger partial charge in [-0.1, -0.05) is 29.8 Å². The minimum Gasteiger partial charge on any atom is -0.280 e. The third-order valence-electron chi connectivity index (χ3n) is 2.20. The maximum Gasteiger partial charge on any atom is 0.263 e. The molecule has 0 unspecified atom stereocenters. The van der Waals surface area contributed by atoms with Gasteiger partial charge in [0.05, 0.1) is 5.02 Å². The lowest BCUT2D eigenvalue weighted by atomic mass is 10.3. The monoisotopic (exact) mass is 393 g/mol. The summed E-state index contributed by atoms with van der Waals surface area (Å²) in [4.78, 5) is 0.0746. The van der Waals surface area contributed by atoms with Crippen molar-refractivity contribution in [1.82, 2.24) is 0 Å². The molecule has 0 heterocycles. The molecule has 2 aromatic rings. The van der Waals surface area contributed by atoms with Crippen LogP contribution in [0.4, 0.5) is 5.69 Å². The molecule has 0 saturated carbocycles. The van der Waals surface area contributed by atoms with Crippen LogP contribution in [0.1, 0.15) is 0 Å². The average molecular weight is 394 g/mol. The molecule has 6 heteroatoms. The van der Waals surface area contributed by atoms with Crippen molar-refractivity contribution < 1.29 is 8.42 Å². The summed E-state index contributed by atoms with van der Waals surface area (Å²) in [7, 11) is -3.65. The Morgan fingerprint density at radius 3 is 2.44 bits per heavy atom. The lowest BCUT2D eigenvalue weighted by Crippen LogP contribution is -2.13. The van der Waals surface area contributed by atoms with Crippen LogP contribution in [0.3, 0.4) is 0 Å². The summed E-state index contributed by atoms with van der Waals surface area (Å²) in [5, 5.41) is 0.204. The molecule has 0 saturated heterocycles. The highest BCUT2D eigenvalue weighted by Crippen LogP contribution is 2.23. The van der Waals surface area contributed by atoms with Crippen molar-refractivity contribution in [2.75, 3.05) is 4.72 Å². The minimum atomic E-state index is -3.65. The van der Waals surface area contributed by atoms with Crippen LogP contribution in [0.25, 0.3) is 0 Å². The van der Waals surface area contributed by atoms with Gasteiger partial charge in [-0.2, -0.15) is 0 Å². The second kappa shape index (κ2) is 5.46. The molecular formula is C12H9ClINO2S. The van der Waals surface area contributed by atoms with Crippen LogP contribution in [-0.2, 0) is 10.0 Å². The first kappa shape index (κ1) is 13.6. The summed E-state index contributed by atoms with van der Waals surface area (Å²) >= 11 is 8.00. The normalized spacial score (nSPS) is 11.2. The highest BCUT2D eigenvalue weighted by molar-refractivity contribution is 14.1. The minimum absolute atomic E-state index is 0.0746. The molecule has 3 nitrogen and oxygen atoms in total. The lowest BCUT2D eigenvalue weighted by molar-refractivity contribution is 0.601. The zero-order valence-electron chi connectivity index (χ0n) is 9.10. The summed E-state index contributed by atoms with van der Waals surface area (Å²) in [6.45, 7) is 0. The summed E-state index contributed by atoms with van der Waals surface area (Å²) in [5.41, 5.74) is 0.516. The Bertz CT molecular complexity index is 673. The maximum absolute atomic E-state index is 12.1. The van der Waals surface area contributed by atoms with Crippen molar-refractivity contribution in [1.29, 1.82) is 0 Å². The number of hydrogen-bond acceptors (Lipinski definition) is 2. The van der Waals surface area contributed by atoms with Gasteiger partial charge in [0, 0.05) is 9.26 Å². The molecule has 94 valence electrons. The number of benzene rings is 2. The Morgan fingerprint density at radius 1 is 1.06 bits per heavy atom. The number of sulfonamides is 1. The SMILES string of the molecule is O=S(=O)(Nc1cccc(I)c1)c1ccccc1Cl. The molecule has 0 spiro atoms. The Labute approximate surface area is 124 Å². The van der Waals surface area contributed by atoms with Gasteiger partial charge in [-0.25, -0.2) is 8.42 Å². The Morgan fingerprint density at radius 2 is 1.78 bits per heavy atom. The van der Waals surface area contributed by atoms with Gasteiger partial charge in [-0.3, -0.25) is 4.72 Å². The fraction of sp³-hybridized carbons (Fsp3) is 0. The summed E-state index contributed by atoms with van der Waals surface area (Å²) in [6.07, 6.45) is 0. The van der Waals surface area contributed by atoms with Gasteiger partial charge in [0.1, 0.15) is 4.90 Å². The molecule has 0 aliphatic carbocycles. The van der Waals surface area contributed by atoms with E-state index in [-0.39, 0.29) is 9.92 Å². The largest absolute Gasteiger partial charge is 0.280 e. The Hall–Kier alpha value is -0.790. The van der Waals surface area contributed by atoms with Gasteiger partial charge >= 0.3 is 0 Å². The molecule has 2 aromatic carbocycles. The Balaban J connectivity index is 2.37. The fourth-order valence-electron chi connectivity index (χ4n) is 1.42. The van der Waals surface area contributed by atoms with Gasteiger partial charge in [-0.15, -0.1) is 0 Å². The van der Waals surface area contributed by atoms with Crippen LogP contribution in [0.15, 0.2) is 53.4 Å². The van der Waals surface area contributed by atoms with E-state index in [0.29, 0.717) is 5.69 Å². The quantitative estimate of drug-likeness (QED) is 0.808. The molecule has 18 heavy (non-hydrogen) atoms. The highest BCUT2D eigenvalue weighted by Gasteiger charge is 2.17. The standard InChI is InChI=1S/C12H9ClINO2S/c13-11-6-1-2-7-12(11)18(16,17)15-10-5-3-4-9(14)8-10/h1-8,15H. The van der Waals surface area contributed by atoms with Gasteiger partial charge in [-0.05, 0) is 52.9 Å². The van der Waals surface area contributed by atoms with E-state index in [1.54, 1.807) is 36.4 Å². The van der Waals surface area contributed by atoms with Crippen molar-refractivity contribution >= 4 is 49.9 Å². The van der Waals surface area contributed by atoms with Crippen molar-refractivity contribution in [3.8, 4) is 0 Å². The molecule has 0 fully saturated rings. The second-order valence-electron chi connectivity index (χ2n) is 3.55. The molecule has 1 N–H and O–H groups in total. The zero-order chi connectivity index (χ0) is 13.2. The van der Waals surface area contributed by atoms with E-state index >= 15 is 0 Å². The molecule has 0 aliphatic rings. The number of anilines is 1. The van der Waals surface area contributed by atoms with E-state index < -0.39 is 10.0 Å². The van der Waals surface area contributed by atoms with Gasteiger partial charge in [0.2, 0.25) is 0 Å². The number of nitrogens with one attached hydrogen (secondary N) is 1. The van der Waals surface area contributed by atoms with E-state index in [1.165, 1.54) is 6.07 Å². The van der Waals surface area contributed by atoms with Crippen LogP contribution in [0.5, 0.6) is 0 Å². The van der Waals surface area contributed by atoms with Crippen molar-refractivity contribution in [2.45, 2.75) is 4.90 Å². The number of hydrogen-bond donors (Lipinski definition) is 1. The van der Waals surface area contributed by atoms with E-state index in [9.17, 15) is 8.42 Å². The van der Waals surface area contributed by atoms with Crippen LogP contribution in [0, 0.1) is 3.57 Å². The zero-order valence-corrected chi connectivity index (χ0v) is 12.8. The molecule has 0 radical (unpaired) electrons. The van der Waals surface area contributed by atoms with Crippen molar-refractivity contribution in [2.24, 2.45) is 0 Å². The van der Waals surface area contributed by atoms with E-state index in [4.69, 9.17) is 11.6 Å². The topological polar surface area (TPSA) is 46.2 Å². The predicted octanol–water partition coefficient (Wildman–Crippen LogP) is 3.75. The third-order valence-corrected chi connectivity index (χ3v) is 4.76. The first-order valence-electron chi connectivity index (χ1n) is 5.02. The molecule has 0 bridgehead atoms. The molecular weight excluding hydrogens is 385 g/mol. The first-order valence-corrected chi connectivity index (χ1v) is 7.96. The summed E-state index contributed by atoms with van der Waals surface area (Å²) in [6, 6.07) is 13.4. The van der Waals surface area contributed by atoms with Crippen molar-refractivity contribution in [3.05, 3.63) is 57.1 Å². The van der Waals surface area contributed by atoms with Crippen LogP contribution < -0.4 is 4.72 Å². The van der Waals surface area contributed by atoms with E-state index in [0.717, 1.165) is 3.57 Å². The lowest BCUT2D eigenvalue weighted by Gasteiger charge is -2.09. The first-order chi connectivity index (χ1) is 8.49. The molecule has 0 aromatic heterocycles. The van der Waals surface area contributed by atoms with E-state index in [1.807, 2.05) is 6.07 Å². The molecule has 0 atom stereocenters. The van der Waals surface area contributed by atoms with Crippen LogP contribution in [-0.4, -0.2) is 8.42 Å². The smallest absolute Gasteiger partial charge is 0.263 e. The highest BCUT2D eigenvalue weighted by atomic mass is 127. The second-order valence-corrected chi connectivity index (χ2v) is 6.85. The van der Waals surface area contributed by atoms with Crippen LogP contribution >= 0.6 is 34.2 Å². The molecule has 2 rings (SSSR count). The fourth-order valence-corrected chi connectivity index (χ4v) is 3.54. The van der Waals surface area contributed by atoms with Gasteiger partial charge in [0.25, 0.3) is 10.0 Å². The van der Waals surface area contributed by atoms with Gasteiger partial charge in [0.15, 0.2) is 0 Å². The average Bonchev–Trinajstić information content (AvgIpc) is 2.28. The van der Waals surface area contributed by atoms with E-state index in [2.05, 4.69) is 27.3 Å². The maximum atomic E-state index is 12.1. The Kier molecular flexibility index (Phi) is 4.14. The molecule has 0 aliphatic heterocycles.